The lowest BCUT2D eigenvalue weighted by Gasteiger charge is -2.09. The molecule has 0 bridgehead atoms. The molecule has 2 N–H and O–H groups in total. The zero-order valence-electron chi connectivity index (χ0n) is 10.6. The topological polar surface area (TPSA) is 108 Å². The lowest BCUT2D eigenvalue weighted by Crippen LogP contribution is -2.19. The monoisotopic (exact) mass is 304 g/mol. The van der Waals surface area contributed by atoms with Gasteiger partial charge in [-0.2, -0.15) is 5.26 Å². The number of aromatic nitrogens is 2. The van der Waals surface area contributed by atoms with Crippen LogP contribution in [0.15, 0.2) is 30.6 Å². The maximum atomic E-state index is 11.9. The smallest absolute Gasteiger partial charge is 0.335 e. The highest BCUT2D eigenvalue weighted by molar-refractivity contribution is 6.33. The molecule has 8 heteroatoms. The second kappa shape index (κ2) is 6.07. The van der Waals surface area contributed by atoms with Crippen LogP contribution < -0.4 is 5.32 Å². The number of carboxylic acids is 1. The Morgan fingerprint density at radius 2 is 2.24 bits per heavy atom. The molecule has 2 aromatic rings. The van der Waals surface area contributed by atoms with Crippen molar-refractivity contribution in [3.05, 3.63) is 47.0 Å². The number of aromatic carboxylic acids is 1. The maximum absolute atomic E-state index is 11.9. The van der Waals surface area contributed by atoms with Crippen molar-refractivity contribution in [2.75, 3.05) is 5.32 Å². The van der Waals surface area contributed by atoms with E-state index in [1.165, 1.54) is 35.2 Å². The molecule has 1 amide bonds. The van der Waals surface area contributed by atoms with Crippen LogP contribution in [0.3, 0.4) is 0 Å². The number of halogens is 1. The number of nitrogens with one attached hydrogen (secondary N) is 1. The van der Waals surface area contributed by atoms with Crippen molar-refractivity contribution >= 4 is 29.2 Å². The first-order valence-corrected chi connectivity index (χ1v) is 6.13. The Balaban J connectivity index is 2.15. The zero-order valence-corrected chi connectivity index (χ0v) is 11.3. The van der Waals surface area contributed by atoms with Crippen molar-refractivity contribution in [1.29, 1.82) is 5.26 Å². The summed E-state index contributed by atoms with van der Waals surface area (Å²) in [6.45, 7) is -0.128. The SMILES string of the molecule is N#Cc1nccn1CC(=O)Nc1cc(C(=O)O)ccc1Cl. The molecule has 2 rings (SSSR count). The Bertz CT molecular complexity index is 748. The van der Waals surface area contributed by atoms with Crippen LogP contribution in [0.2, 0.25) is 5.02 Å². The van der Waals surface area contributed by atoms with Crippen LogP contribution in [-0.4, -0.2) is 26.5 Å². The molecule has 0 saturated heterocycles. The molecule has 1 aromatic heterocycles. The summed E-state index contributed by atoms with van der Waals surface area (Å²) < 4.78 is 1.37. The summed E-state index contributed by atoms with van der Waals surface area (Å²) >= 11 is 5.91. The van der Waals surface area contributed by atoms with Gasteiger partial charge in [-0.1, -0.05) is 11.6 Å². The van der Waals surface area contributed by atoms with Gasteiger partial charge in [-0.25, -0.2) is 9.78 Å². The maximum Gasteiger partial charge on any atom is 0.335 e. The molecule has 0 aliphatic heterocycles. The van der Waals surface area contributed by atoms with Crippen LogP contribution in [0, 0.1) is 11.3 Å². The number of anilines is 1. The fraction of sp³-hybridized carbons (Fsp3) is 0.0769. The van der Waals surface area contributed by atoms with Crippen LogP contribution in [0.5, 0.6) is 0 Å². The van der Waals surface area contributed by atoms with Gasteiger partial charge in [0.25, 0.3) is 0 Å². The average molecular weight is 305 g/mol. The van der Waals surface area contributed by atoms with E-state index in [0.717, 1.165) is 0 Å². The minimum absolute atomic E-state index is 0.00930. The lowest BCUT2D eigenvalue weighted by atomic mass is 10.2. The highest BCUT2D eigenvalue weighted by Gasteiger charge is 2.12. The number of hydrogen-bond acceptors (Lipinski definition) is 4. The van der Waals surface area contributed by atoms with Gasteiger partial charge < -0.3 is 15.0 Å². The van der Waals surface area contributed by atoms with Gasteiger partial charge in [0, 0.05) is 12.4 Å². The first kappa shape index (κ1) is 14.6. The first-order chi connectivity index (χ1) is 10.0. The van der Waals surface area contributed by atoms with E-state index in [0.29, 0.717) is 0 Å². The Morgan fingerprint density at radius 1 is 1.48 bits per heavy atom. The molecule has 7 nitrogen and oxygen atoms in total. The van der Waals surface area contributed by atoms with Gasteiger partial charge in [-0.15, -0.1) is 0 Å². The molecular formula is C13H9ClN4O3. The number of amides is 1. The van der Waals surface area contributed by atoms with Crippen molar-refractivity contribution < 1.29 is 14.7 Å². The Labute approximate surface area is 124 Å². The molecule has 106 valence electrons. The van der Waals surface area contributed by atoms with E-state index in [2.05, 4.69) is 10.3 Å². The van der Waals surface area contributed by atoms with E-state index < -0.39 is 11.9 Å². The predicted octanol–water partition coefficient (Wildman–Crippen LogP) is 1.75. The van der Waals surface area contributed by atoms with Gasteiger partial charge in [0.05, 0.1) is 16.3 Å². The van der Waals surface area contributed by atoms with Crippen LogP contribution in [0.1, 0.15) is 16.2 Å². The fourth-order valence-electron chi connectivity index (χ4n) is 1.65. The molecule has 0 aliphatic carbocycles. The number of rotatable bonds is 4. The molecule has 0 spiro atoms. The van der Waals surface area contributed by atoms with Crippen molar-refractivity contribution in [1.82, 2.24) is 9.55 Å². The first-order valence-electron chi connectivity index (χ1n) is 5.75. The van der Waals surface area contributed by atoms with Crippen molar-refractivity contribution in [2.45, 2.75) is 6.54 Å². The molecule has 0 radical (unpaired) electrons. The highest BCUT2D eigenvalue weighted by Crippen LogP contribution is 2.23. The number of carbonyl (C=O) groups excluding carboxylic acids is 1. The van der Waals surface area contributed by atoms with E-state index in [-0.39, 0.29) is 28.6 Å². The van der Waals surface area contributed by atoms with E-state index in [4.69, 9.17) is 22.0 Å². The Morgan fingerprint density at radius 3 is 2.90 bits per heavy atom. The van der Waals surface area contributed by atoms with Crippen LogP contribution in [-0.2, 0) is 11.3 Å². The number of imidazole rings is 1. The number of carboxylic acid groups (broad SMARTS) is 1. The highest BCUT2D eigenvalue weighted by atomic mass is 35.5. The summed E-state index contributed by atoms with van der Waals surface area (Å²) in [5.74, 6) is -1.46. The fourth-order valence-corrected chi connectivity index (χ4v) is 1.81. The van der Waals surface area contributed by atoms with Gasteiger partial charge >= 0.3 is 5.97 Å². The summed E-state index contributed by atoms with van der Waals surface area (Å²) in [4.78, 5) is 26.6. The third-order valence-electron chi connectivity index (χ3n) is 2.62. The van der Waals surface area contributed by atoms with E-state index in [1.54, 1.807) is 0 Å². The van der Waals surface area contributed by atoms with Crippen LogP contribution >= 0.6 is 11.6 Å². The number of carbonyl (C=O) groups is 2. The molecule has 0 atom stereocenters. The third kappa shape index (κ3) is 3.38. The molecule has 21 heavy (non-hydrogen) atoms. The van der Waals surface area contributed by atoms with E-state index in [1.807, 2.05) is 6.07 Å². The van der Waals surface area contributed by atoms with Gasteiger partial charge in [0.15, 0.2) is 0 Å². The number of hydrogen-bond donors (Lipinski definition) is 2. The Hall–Kier alpha value is -2.85. The number of benzene rings is 1. The molecule has 1 heterocycles. The molecule has 0 saturated carbocycles. The standard InChI is InChI=1S/C13H9ClN4O3/c14-9-2-1-8(13(20)21)5-10(9)17-12(19)7-18-4-3-16-11(18)6-15/h1-5H,7H2,(H,17,19)(H,20,21). The molecule has 1 aromatic carbocycles. The normalized spacial score (nSPS) is 9.90. The summed E-state index contributed by atoms with van der Waals surface area (Å²) in [5, 5.41) is 20.4. The second-order valence-corrected chi connectivity index (χ2v) is 4.45. The molecular weight excluding hydrogens is 296 g/mol. The molecule has 0 fully saturated rings. The molecule has 0 aliphatic rings. The largest absolute Gasteiger partial charge is 0.478 e. The van der Waals surface area contributed by atoms with Crippen molar-refractivity contribution in [3.63, 3.8) is 0 Å². The average Bonchev–Trinajstić information content (AvgIpc) is 2.88. The minimum Gasteiger partial charge on any atom is -0.478 e. The van der Waals surface area contributed by atoms with Crippen molar-refractivity contribution in [2.24, 2.45) is 0 Å². The summed E-state index contributed by atoms with van der Waals surface area (Å²) in [6, 6.07) is 5.84. The van der Waals surface area contributed by atoms with Gasteiger partial charge in [0.1, 0.15) is 12.6 Å². The van der Waals surface area contributed by atoms with Gasteiger partial charge in [-0.05, 0) is 18.2 Å². The van der Waals surface area contributed by atoms with E-state index >= 15 is 0 Å². The number of nitriles is 1. The van der Waals surface area contributed by atoms with Crippen LogP contribution in [0.4, 0.5) is 5.69 Å². The van der Waals surface area contributed by atoms with Gasteiger partial charge in [0.2, 0.25) is 11.7 Å². The minimum atomic E-state index is -1.12. The van der Waals surface area contributed by atoms with Crippen LogP contribution in [0.25, 0.3) is 0 Å². The summed E-state index contributed by atoms with van der Waals surface area (Å²) in [7, 11) is 0. The van der Waals surface area contributed by atoms with Crippen molar-refractivity contribution in [3.8, 4) is 6.07 Å². The lowest BCUT2D eigenvalue weighted by molar-refractivity contribution is -0.116. The summed E-state index contributed by atoms with van der Waals surface area (Å²) in [5.41, 5.74) is 0.204. The Kier molecular flexibility index (Phi) is 4.21. The quantitative estimate of drug-likeness (QED) is 0.894. The zero-order chi connectivity index (χ0) is 15.4. The second-order valence-electron chi connectivity index (χ2n) is 4.04. The summed E-state index contributed by atoms with van der Waals surface area (Å²) in [6.07, 6.45) is 2.90. The number of nitrogens with zero attached hydrogens (tertiary/aromatic N) is 3. The van der Waals surface area contributed by atoms with Gasteiger partial charge in [-0.3, -0.25) is 4.79 Å². The van der Waals surface area contributed by atoms with E-state index in [9.17, 15) is 9.59 Å². The third-order valence-corrected chi connectivity index (χ3v) is 2.95. The predicted molar refractivity (Wildman–Crippen MR) is 74.0 cm³/mol. The molecule has 0 unspecified atom stereocenters.